The van der Waals surface area contributed by atoms with Crippen LogP contribution < -0.4 is 5.73 Å². The van der Waals surface area contributed by atoms with Crippen molar-refractivity contribution in [1.82, 2.24) is 4.98 Å². The molecule has 0 aliphatic rings. The maximum absolute atomic E-state index is 8.60. The van der Waals surface area contributed by atoms with Crippen LogP contribution in [-0.4, -0.2) is 4.98 Å². The summed E-state index contributed by atoms with van der Waals surface area (Å²) in [5.41, 5.74) is 7.66. The van der Waals surface area contributed by atoms with Gasteiger partial charge in [-0.1, -0.05) is 0 Å². The zero-order valence-corrected chi connectivity index (χ0v) is 6.55. The quantitative estimate of drug-likeness (QED) is 0.598. The number of rotatable bonds is 0. The molecule has 0 aliphatic heterocycles. The van der Waals surface area contributed by atoms with E-state index in [4.69, 9.17) is 11.0 Å². The minimum absolute atomic E-state index is 0.501. The molecule has 1 heterocycles. The van der Waals surface area contributed by atoms with E-state index in [1.54, 1.807) is 13.0 Å². The molecule has 0 unspecified atom stereocenters. The average molecular weight is 147 g/mol. The first-order chi connectivity index (χ1) is 5.15. The van der Waals surface area contributed by atoms with Crippen LogP contribution in [0.2, 0.25) is 0 Å². The predicted molar refractivity (Wildman–Crippen MR) is 42.8 cm³/mol. The number of nitriles is 1. The lowest BCUT2D eigenvalue weighted by Crippen LogP contribution is -1.98. The highest BCUT2D eigenvalue weighted by Gasteiger charge is 2.01. The van der Waals surface area contributed by atoms with Crippen molar-refractivity contribution in [3.63, 3.8) is 0 Å². The molecular formula is C8H9N3. The van der Waals surface area contributed by atoms with Crippen LogP contribution in [0.3, 0.4) is 0 Å². The van der Waals surface area contributed by atoms with E-state index < -0.39 is 0 Å². The molecule has 3 heteroatoms. The topological polar surface area (TPSA) is 62.7 Å². The number of nitrogens with zero attached hydrogens (tertiary/aromatic N) is 2. The van der Waals surface area contributed by atoms with Crippen molar-refractivity contribution in [3.8, 4) is 6.07 Å². The van der Waals surface area contributed by atoms with E-state index in [1.165, 1.54) is 0 Å². The summed E-state index contributed by atoms with van der Waals surface area (Å²) in [5, 5.41) is 8.60. The molecule has 11 heavy (non-hydrogen) atoms. The lowest BCUT2D eigenvalue weighted by molar-refractivity contribution is 1.16. The van der Waals surface area contributed by atoms with Gasteiger partial charge in [-0.25, -0.2) is 4.98 Å². The Balaban J connectivity index is 3.35. The number of hydrogen-bond acceptors (Lipinski definition) is 3. The summed E-state index contributed by atoms with van der Waals surface area (Å²) in [7, 11) is 0. The predicted octanol–water partition coefficient (Wildman–Crippen LogP) is 1.15. The molecule has 1 aromatic heterocycles. The van der Waals surface area contributed by atoms with Crippen molar-refractivity contribution in [3.05, 3.63) is 22.9 Å². The Morgan fingerprint density at radius 3 is 2.73 bits per heavy atom. The summed E-state index contributed by atoms with van der Waals surface area (Å²) < 4.78 is 0. The number of nitrogen functional groups attached to an aromatic ring is 1. The fraction of sp³-hybridized carbons (Fsp3) is 0.250. The molecule has 0 aromatic carbocycles. The van der Waals surface area contributed by atoms with Gasteiger partial charge < -0.3 is 5.73 Å². The number of pyridine rings is 1. The van der Waals surface area contributed by atoms with Crippen LogP contribution in [0.1, 0.15) is 16.8 Å². The highest BCUT2D eigenvalue weighted by Crippen LogP contribution is 2.11. The van der Waals surface area contributed by atoms with Crippen molar-refractivity contribution in [2.24, 2.45) is 0 Å². The molecule has 2 N–H and O–H groups in total. The summed E-state index contributed by atoms with van der Waals surface area (Å²) >= 11 is 0. The molecule has 56 valence electrons. The van der Waals surface area contributed by atoms with Crippen LogP contribution in [0.25, 0.3) is 0 Å². The highest BCUT2D eigenvalue weighted by molar-refractivity contribution is 5.46. The van der Waals surface area contributed by atoms with Gasteiger partial charge in [0.15, 0.2) is 0 Å². The van der Waals surface area contributed by atoms with E-state index in [-0.39, 0.29) is 0 Å². The summed E-state index contributed by atoms with van der Waals surface area (Å²) in [6.45, 7) is 3.61. The third-order valence-electron chi connectivity index (χ3n) is 1.56. The normalized spacial score (nSPS) is 9.18. The Hall–Kier alpha value is -1.56. The molecule has 0 spiro atoms. The molecule has 0 atom stereocenters. The Kier molecular flexibility index (Phi) is 1.77. The zero-order valence-electron chi connectivity index (χ0n) is 6.55. The third-order valence-corrected chi connectivity index (χ3v) is 1.56. The lowest BCUT2D eigenvalue weighted by atomic mass is 10.1. The van der Waals surface area contributed by atoms with Crippen molar-refractivity contribution in [1.29, 1.82) is 5.26 Å². The van der Waals surface area contributed by atoms with E-state index in [1.807, 2.05) is 13.0 Å². The molecule has 0 fully saturated rings. The van der Waals surface area contributed by atoms with Crippen LogP contribution in [0.5, 0.6) is 0 Å². The lowest BCUT2D eigenvalue weighted by Gasteiger charge is -2.01. The molecule has 1 rings (SSSR count). The Morgan fingerprint density at radius 2 is 2.18 bits per heavy atom. The molecule has 0 aliphatic carbocycles. The summed E-state index contributed by atoms with van der Waals surface area (Å²) in [5.74, 6) is 0.501. The van der Waals surface area contributed by atoms with Gasteiger partial charge in [-0.05, 0) is 25.5 Å². The van der Waals surface area contributed by atoms with E-state index in [0.717, 1.165) is 5.56 Å². The van der Waals surface area contributed by atoms with E-state index in [0.29, 0.717) is 17.1 Å². The molecule has 0 saturated carbocycles. The fourth-order valence-corrected chi connectivity index (χ4v) is 0.837. The minimum atomic E-state index is 0.501. The number of aryl methyl sites for hydroxylation is 2. The first kappa shape index (κ1) is 7.55. The van der Waals surface area contributed by atoms with Gasteiger partial charge in [0.25, 0.3) is 0 Å². The highest BCUT2D eigenvalue weighted by atomic mass is 14.8. The summed E-state index contributed by atoms with van der Waals surface area (Å²) in [6.07, 6.45) is 0. The molecule has 3 nitrogen and oxygen atoms in total. The number of hydrogen-bond donors (Lipinski definition) is 1. The van der Waals surface area contributed by atoms with Gasteiger partial charge in [-0.15, -0.1) is 0 Å². The molecular weight excluding hydrogens is 138 g/mol. The van der Waals surface area contributed by atoms with E-state index >= 15 is 0 Å². The molecule has 0 amide bonds. The minimum Gasteiger partial charge on any atom is -0.383 e. The van der Waals surface area contributed by atoms with Crippen molar-refractivity contribution in [2.45, 2.75) is 13.8 Å². The van der Waals surface area contributed by atoms with Gasteiger partial charge >= 0.3 is 0 Å². The van der Waals surface area contributed by atoms with Gasteiger partial charge in [0.2, 0.25) is 0 Å². The fourth-order valence-electron chi connectivity index (χ4n) is 0.837. The second-order valence-electron chi connectivity index (χ2n) is 2.44. The van der Waals surface area contributed by atoms with Crippen LogP contribution in [0.4, 0.5) is 5.82 Å². The maximum atomic E-state index is 8.60. The number of anilines is 1. The number of aromatic nitrogens is 1. The Morgan fingerprint density at radius 1 is 1.55 bits per heavy atom. The SMILES string of the molecule is Cc1cc(C#N)c(C)nc1N. The first-order valence-corrected chi connectivity index (χ1v) is 3.29. The molecule has 0 bridgehead atoms. The van der Waals surface area contributed by atoms with Crippen molar-refractivity contribution >= 4 is 5.82 Å². The van der Waals surface area contributed by atoms with Crippen molar-refractivity contribution < 1.29 is 0 Å². The van der Waals surface area contributed by atoms with Gasteiger partial charge in [0.1, 0.15) is 11.9 Å². The molecule has 1 aromatic rings. The second kappa shape index (κ2) is 2.59. The van der Waals surface area contributed by atoms with Gasteiger partial charge in [0.05, 0.1) is 11.3 Å². The smallest absolute Gasteiger partial charge is 0.126 e. The zero-order chi connectivity index (χ0) is 8.43. The number of nitrogens with two attached hydrogens (primary N) is 1. The second-order valence-corrected chi connectivity index (χ2v) is 2.44. The average Bonchev–Trinajstić information content (AvgIpc) is 1.97. The first-order valence-electron chi connectivity index (χ1n) is 3.29. The van der Waals surface area contributed by atoms with E-state index in [9.17, 15) is 0 Å². The molecule has 0 saturated heterocycles. The van der Waals surface area contributed by atoms with Gasteiger partial charge in [-0.2, -0.15) is 5.26 Å². The Bertz CT molecular complexity index is 323. The summed E-state index contributed by atoms with van der Waals surface area (Å²) in [4.78, 5) is 4.00. The van der Waals surface area contributed by atoms with Crippen LogP contribution in [0.15, 0.2) is 6.07 Å². The van der Waals surface area contributed by atoms with Gasteiger partial charge in [-0.3, -0.25) is 0 Å². The van der Waals surface area contributed by atoms with Gasteiger partial charge in [0, 0.05) is 0 Å². The van der Waals surface area contributed by atoms with Crippen molar-refractivity contribution in [2.75, 3.05) is 5.73 Å². The monoisotopic (exact) mass is 147 g/mol. The largest absolute Gasteiger partial charge is 0.383 e. The van der Waals surface area contributed by atoms with Crippen LogP contribution >= 0.6 is 0 Å². The molecule has 0 radical (unpaired) electrons. The summed E-state index contributed by atoms with van der Waals surface area (Å²) in [6, 6.07) is 3.79. The maximum Gasteiger partial charge on any atom is 0.126 e. The van der Waals surface area contributed by atoms with Crippen LogP contribution in [-0.2, 0) is 0 Å². The Labute approximate surface area is 65.5 Å². The third kappa shape index (κ3) is 1.30. The van der Waals surface area contributed by atoms with Crippen LogP contribution in [0, 0.1) is 25.2 Å². The standard InChI is InChI=1S/C8H9N3/c1-5-3-7(4-9)6(2)11-8(5)10/h3H,1-2H3,(H2,10,11). The van der Waals surface area contributed by atoms with E-state index in [2.05, 4.69) is 4.98 Å².